The number of carbonyl (C=O) groups excluding carboxylic acids is 1. The Morgan fingerprint density at radius 2 is 1.48 bits per heavy atom. The summed E-state index contributed by atoms with van der Waals surface area (Å²) >= 11 is 0. The topological polar surface area (TPSA) is 116 Å². The smallest absolute Gasteiger partial charge is 0.258 e. The molecule has 0 bridgehead atoms. The standard InChI is InChI=1S/C20H38O7/c1-3-5-6-7-8-9-10-11-12-13-16(22)20(26-4-2)19(25)18(24)17(23)15(14-21)27-20/h15,17-19,21,23-25H,3-14H2,1-2H3/t15-,17-,18+,19-,20?/m1/s1. The Balaban J connectivity index is 2.50. The largest absolute Gasteiger partial charge is 0.394 e. The Kier molecular flexibility index (Phi) is 11.6. The molecule has 160 valence electrons. The van der Waals surface area contributed by atoms with Crippen LogP contribution in [0.3, 0.4) is 0 Å². The zero-order valence-corrected chi connectivity index (χ0v) is 16.8. The van der Waals surface area contributed by atoms with Crippen LogP contribution in [0.15, 0.2) is 0 Å². The van der Waals surface area contributed by atoms with E-state index in [4.69, 9.17) is 9.47 Å². The maximum Gasteiger partial charge on any atom is 0.258 e. The number of rotatable bonds is 14. The van der Waals surface area contributed by atoms with E-state index in [1.165, 1.54) is 32.1 Å². The van der Waals surface area contributed by atoms with Crippen molar-refractivity contribution in [2.45, 2.75) is 108 Å². The molecule has 1 fully saturated rings. The highest BCUT2D eigenvalue weighted by Crippen LogP contribution is 2.33. The Morgan fingerprint density at radius 1 is 0.926 bits per heavy atom. The molecule has 1 heterocycles. The summed E-state index contributed by atoms with van der Waals surface area (Å²) in [5, 5.41) is 39.7. The maximum atomic E-state index is 12.8. The summed E-state index contributed by atoms with van der Waals surface area (Å²) in [5.41, 5.74) is 0. The van der Waals surface area contributed by atoms with E-state index >= 15 is 0 Å². The van der Waals surface area contributed by atoms with Gasteiger partial charge in [-0.25, -0.2) is 0 Å². The van der Waals surface area contributed by atoms with E-state index in [-0.39, 0.29) is 13.0 Å². The lowest BCUT2D eigenvalue weighted by molar-refractivity contribution is -0.344. The van der Waals surface area contributed by atoms with Crippen molar-refractivity contribution in [2.24, 2.45) is 0 Å². The zero-order chi connectivity index (χ0) is 20.3. The molecule has 0 saturated carbocycles. The lowest BCUT2D eigenvalue weighted by Gasteiger charge is -2.46. The van der Waals surface area contributed by atoms with Gasteiger partial charge in [-0.1, -0.05) is 58.3 Å². The third kappa shape index (κ3) is 6.76. The first-order valence-electron chi connectivity index (χ1n) is 10.4. The van der Waals surface area contributed by atoms with Crippen LogP contribution in [0.5, 0.6) is 0 Å². The molecule has 27 heavy (non-hydrogen) atoms. The minimum atomic E-state index is -2.04. The predicted molar refractivity (Wildman–Crippen MR) is 101 cm³/mol. The van der Waals surface area contributed by atoms with Crippen LogP contribution < -0.4 is 0 Å². The molecule has 5 atom stereocenters. The quantitative estimate of drug-likeness (QED) is 0.333. The first kappa shape index (κ1) is 24.5. The molecule has 1 rings (SSSR count). The summed E-state index contributed by atoms with van der Waals surface area (Å²) in [6.45, 7) is 3.34. The van der Waals surface area contributed by atoms with Gasteiger partial charge in [-0.3, -0.25) is 4.79 Å². The third-order valence-corrected chi connectivity index (χ3v) is 5.20. The van der Waals surface area contributed by atoms with Crippen LogP contribution in [-0.4, -0.2) is 69.6 Å². The van der Waals surface area contributed by atoms with Crippen molar-refractivity contribution in [3.05, 3.63) is 0 Å². The van der Waals surface area contributed by atoms with Gasteiger partial charge in [0, 0.05) is 13.0 Å². The van der Waals surface area contributed by atoms with E-state index < -0.39 is 42.6 Å². The fourth-order valence-electron chi connectivity index (χ4n) is 3.56. The van der Waals surface area contributed by atoms with E-state index in [1.54, 1.807) is 6.92 Å². The SMILES string of the molecule is CCCCCCCCCCCC(=O)C1(OCC)O[C@H](CO)[C@@H](O)[C@H](O)[C@H]1O. The predicted octanol–water partition coefficient (Wildman–Crippen LogP) is 1.68. The number of aliphatic hydroxyl groups is 4. The molecule has 0 aliphatic carbocycles. The molecule has 0 spiro atoms. The fraction of sp³-hybridized carbons (Fsp3) is 0.950. The van der Waals surface area contributed by atoms with Gasteiger partial charge < -0.3 is 29.9 Å². The van der Waals surface area contributed by atoms with Crippen LogP contribution in [0.4, 0.5) is 0 Å². The monoisotopic (exact) mass is 390 g/mol. The van der Waals surface area contributed by atoms with E-state index in [0.717, 1.165) is 19.3 Å². The lowest BCUT2D eigenvalue weighted by atomic mass is 9.88. The summed E-state index contributed by atoms with van der Waals surface area (Å²) in [6, 6.07) is 0. The average Bonchev–Trinajstić information content (AvgIpc) is 2.67. The van der Waals surface area contributed by atoms with Gasteiger partial charge in [0.2, 0.25) is 0 Å². The highest BCUT2D eigenvalue weighted by atomic mass is 16.7. The van der Waals surface area contributed by atoms with Gasteiger partial charge in [0.15, 0.2) is 5.78 Å². The third-order valence-electron chi connectivity index (χ3n) is 5.20. The molecule has 1 unspecified atom stereocenters. The van der Waals surface area contributed by atoms with E-state index in [0.29, 0.717) is 6.42 Å². The Bertz CT molecular complexity index is 415. The van der Waals surface area contributed by atoms with Gasteiger partial charge >= 0.3 is 0 Å². The Hall–Kier alpha value is -0.570. The first-order valence-corrected chi connectivity index (χ1v) is 10.4. The number of hydrogen-bond donors (Lipinski definition) is 4. The molecular weight excluding hydrogens is 352 g/mol. The van der Waals surface area contributed by atoms with Crippen LogP contribution in [0, 0.1) is 0 Å². The van der Waals surface area contributed by atoms with Gasteiger partial charge in [0.1, 0.15) is 24.4 Å². The van der Waals surface area contributed by atoms with Crippen LogP contribution in [0.2, 0.25) is 0 Å². The van der Waals surface area contributed by atoms with Crippen molar-refractivity contribution >= 4 is 5.78 Å². The number of carbonyl (C=O) groups is 1. The average molecular weight is 391 g/mol. The summed E-state index contributed by atoms with van der Waals surface area (Å²) < 4.78 is 10.9. The summed E-state index contributed by atoms with van der Waals surface area (Å²) in [5.74, 6) is -2.51. The highest BCUT2D eigenvalue weighted by molar-refractivity contribution is 5.87. The van der Waals surface area contributed by atoms with Gasteiger partial charge in [-0.05, 0) is 13.3 Å². The molecule has 7 heteroatoms. The lowest BCUT2D eigenvalue weighted by Crippen LogP contribution is -2.69. The molecule has 0 aromatic carbocycles. The van der Waals surface area contributed by atoms with Crippen molar-refractivity contribution in [1.29, 1.82) is 0 Å². The van der Waals surface area contributed by atoms with Crippen LogP contribution in [0.1, 0.15) is 78.1 Å². The number of unbranched alkanes of at least 4 members (excludes halogenated alkanes) is 8. The summed E-state index contributed by atoms with van der Waals surface area (Å²) in [6.07, 6.45) is 4.12. The molecule has 0 radical (unpaired) electrons. The van der Waals surface area contributed by atoms with Crippen molar-refractivity contribution in [3.63, 3.8) is 0 Å². The second kappa shape index (κ2) is 12.8. The minimum absolute atomic E-state index is 0.0848. The molecule has 1 aliphatic rings. The molecular formula is C20H38O7. The second-order valence-electron chi connectivity index (χ2n) is 7.37. The van der Waals surface area contributed by atoms with Crippen molar-refractivity contribution in [2.75, 3.05) is 13.2 Å². The number of aliphatic hydroxyl groups excluding tert-OH is 4. The van der Waals surface area contributed by atoms with Crippen molar-refractivity contribution in [3.8, 4) is 0 Å². The van der Waals surface area contributed by atoms with Gasteiger partial charge in [0.25, 0.3) is 5.79 Å². The first-order chi connectivity index (χ1) is 12.9. The minimum Gasteiger partial charge on any atom is -0.394 e. The van der Waals surface area contributed by atoms with Gasteiger partial charge in [0.05, 0.1) is 6.61 Å². The van der Waals surface area contributed by atoms with Crippen LogP contribution in [-0.2, 0) is 14.3 Å². The van der Waals surface area contributed by atoms with Crippen molar-refractivity contribution < 1.29 is 34.7 Å². The Labute approximate surface area is 162 Å². The number of ether oxygens (including phenoxy) is 2. The van der Waals surface area contributed by atoms with Gasteiger partial charge in [-0.2, -0.15) is 0 Å². The molecule has 0 aromatic heterocycles. The molecule has 0 amide bonds. The normalized spacial score (nSPS) is 31.2. The number of Topliss-reactive ketones (excluding diaryl/α,β-unsaturated/α-hetero) is 1. The van der Waals surface area contributed by atoms with Crippen molar-refractivity contribution in [1.82, 2.24) is 0 Å². The molecule has 1 aliphatic heterocycles. The van der Waals surface area contributed by atoms with Gasteiger partial charge in [-0.15, -0.1) is 0 Å². The molecule has 7 nitrogen and oxygen atoms in total. The van der Waals surface area contributed by atoms with E-state index in [9.17, 15) is 25.2 Å². The number of ketones is 1. The van der Waals surface area contributed by atoms with E-state index in [2.05, 4.69) is 6.92 Å². The summed E-state index contributed by atoms with van der Waals surface area (Å²) in [4.78, 5) is 12.8. The zero-order valence-electron chi connectivity index (χ0n) is 16.8. The van der Waals surface area contributed by atoms with Crippen LogP contribution >= 0.6 is 0 Å². The molecule has 1 saturated heterocycles. The molecule has 4 N–H and O–H groups in total. The maximum absolute atomic E-state index is 12.8. The summed E-state index contributed by atoms with van der Waals surface area (Å²) in [7, 11) is 0. The van der Waals surface area contributed by atoms with E-state index in [1.807, 2.05) is 0 Å². The highest BCUT2D eigenvalue weighted by Gasteiger charge is 2.58. The molecule has 0 aromatic rings. The number of hydrogen-bond acceptors (Lipinski definition) is 7. The Morgan fingerprint density at radius 3 is 2.00 bits per heavy atom. The van der Waals surface area contributed by atoms with Crippen LogP contribution in [0.25, 0.3) is 0 Å². The fourth-order valence-corrected chi connectivity index (χ4v) is 3.56. The second-order valence-corrected chi connectivity index (χ2v) is 7.37.